The minimum Gasteiger partial charge on any atom is -0.382 e. The molecule has 0 fully saturated rings. The van der Waals surface area contributed by atoms with Gasteiger partial charge in [0.1, 0.15) is 0 Å². The summed E-state index contributed by atoms with van der Waals surface area (Å²) in [6.07, 6.45) is 27.4. The highest BCUT2D eigenvalue weighted by atomic mass is 16.5. The average molecular weight is 341 g/mol. The van der Waals surface area contributed by atoms with Gasteiger partial charge in [0.15, 0.2) is 0 Å². The quantitative estimate of drug-likeness (QED) is 0.190. The van der Waals surface area contributed by atoms with E-state index in [-0.39, 0.29) is 0 Å². The van der Waals surface area contributed by atoms with Gasteiger partial charge in [0.2, 0.25) is 0 Å². The minimum atomic E-state index is 0.874. The SMILES string of the molecule is CCCCCCCCCCCCCCCCCCCCCOCC. The normalized spacial score (nSPS) is 11.2. The van der Waals surface area contributed by atoms with Crippen molar-refractivity contribution in [2.24, 2.45) is 0 Å². The largest absolute Gasteiger partial charge is 0.382 e. The molecule has 0 saturated carbocycles. The van der Waals surface area contributed by atoms with Crippen LogP contribution in [0, 0.1) is 0 Å². The second-order valence-electron chi connectivity index (χ2n) is 7.56. The lowest BCUT2D eigenvalue weighted by molar-refractivity contribution is 0.143. The summed E-state index contributed by atoms with van der Waals surface area (Å²) in [4.78, 5) is 0. The summed E-state index contributed by atoms with van der Waals surface area (Å²) in [6.45, 7) is 6.22. The minimum absolute atomic E-state index is 0.874. The molecule has 24 heavy (non-hydrogen) atoms. The molecule has 0 saturated heterocycles. The molecule has 0 aliphatic rings. The maximum absolute atomic E-state index is 5.37. The first-order valence-electron chi connectivity index (χ1n) is 11.5. The van der Waals surface area contributed by atoms with Crippen molar-refractivity contribution in [1.82, 2.24) is 0 Å². The van der Waals surface area contributed by atoms with E-state index in [0.717, 1.165) is 13.2 Å². The lowest BCUT2D eigenvalue weighted by Gasteiger charge is -2.04. The lowest BCUT2D eigenvalue weighted by Crippen LogP contribution is -1.92. The van der Waals surface area contributed by atoms with Gasteiger partial charge in [-0.1, -0.05) is 122 Å². The number of unbranched alkanes of at least 4 members (excludes halogenated alkanes) is 18. The Morgan fingerprint density at radius 2 is 0.667 bits per heavy atom. The molecule has 146 valence electrons. The van der Waals surface area contributed by atoms with E-state index >= 15 is 0 Å². The fourth-order valence-electron chi connectivity index (χ4n) is 3.43. The van der Waals surface area contributed by atoms with Gasteiger partial charge in [-0.05, 0) is 13.3 Å². The molecule has 0 aliphatic carbocycles. The van der Waals surface area contributed by atoms with Crippen molar-refractivity contribution >= 4 is 0 Å². The van der Waals surface area contributed by atoms with Crippen molar-refractivity contribution in [2.45, 2.75) is 136 Å². The van der Waals surface area contributed by atoms with Crippen LogP contribution >= 0.6 is 0 Å². The van der Waals surface area contributed by atoms with Gasteiger partial charge in [0.05, 0.1) is 0 Å². The topological polar surface area (TPSA) is 9.23 Å². The maximum atomic E-state index is 5.37. The summed E-state index contributed by atoms with van der Waals surface area (Å²) in [5, 5.41) is 0. The highest BCUT2D eigenvalue weighted by molar-refractivity contribution is 4.50. The van der Waals surface area contributed by atoms with Crippen LogP contribution in [-0.4, -0.2) is 13.2 Å². The van der Waals surface area contributed by atoms with Crippen molar-refractivity contribution in [3.63, 3.8) is 0 Å². The fourth-order valence-corrected chi connectivity index (χ4v) is 3.43. The van der Waals surface area contributed by atoms with E-state index in [1.807, 2.05) is 0 Å². The third-order valence-corrected chi connectivity index (χ3v) is 5.10. The Bertz CT molecular complexity index is 180. The van der Waals surface area contributed by atoms with Crippen molar-refractivity contribution in [2.75, 3.05) is 13.2 Å². The summed E-state index contributed by atoms with van der Waals surface area (Å²) in [7, 11) is 0. The Hall–Kier alpha value is -0.0400. The second-order valence-corrected chi connectivity index (χ2v) is 7.56. The Balaban J connectivity index is 2.93. The first-order valence-corrected chi connectivity index (χ1v) is 11.5. The summed E-state index contributed by atoms with van der Waals surface area (Å²) in [5.41, 5.74) is 0. The smallest absolute Gasteiger partial charge is 0.0465 e. The third-order valence-electron chi connectivity index (χ3n) is 5.10. The first-order chi connectivity index (χ1) is 11.9. The summed E-state index contributed by atoms with van der Waals surface area (Å²) >= 11 is 0. The van der Waals surface area contributed by atoms with E-state index in [0.29, 0.717) is 0 Å². The van der Waals surface area contributed by atoms with Crippen LogP contribution in [0.4, 0.5) is 0 Å². The van der Waals surface area contributed by atoms with Crippen LogP contribution in [0.25, 0.3) is 0 Å². The van der Waals surface area contributed by atoms with Gasteiger partial charge in [-0.2, -0.15) is 0 Å². The zero-order chi connectivity index (χ0) is 17.6. The lowest BCUT2D eigenvalue weighted by atomic mass is 10.0. The highest BCUT2D eigenvalue weighted by Gasteiger charge is 1.95. The van der Waals surface area contributed by atoms with Gasteiger partial charge in [-0.15, -0.1) is 0 Å². The van der Waals surface area contributed by atoms with Gasteiger partial charge in [-0.25, -0.2) is 0 Å². The van der Waals surface area contributed by atoms with Crippen molar-refractivity contribution in [3.8, 4) is 0 Å². The van der Waals surface area contributed by atoms with Crippen LogP contribution < -0.4 is 0 Å². The average Bonchev–Trinajstić information content (AvgIpc) is 2.60. The van der Waals surface area contributed by atoms with Gasteiger partial charge in [0.25, 0.3) is 0 Å². The molecule has 0 unspecified atom stereocenters. The van der Waals surface area contributed by atoms with Crippen LogP contribution in [0.2, 0.25) is 0 Å². The van der Waals surface area contributed by atoms with Crippen LogP contribution in [0.3, 0.4) is 0 Å². The molecule has 1 nitrogen and oxygen atoms in total. The highest BCUT2D eigenvalue weighted by Crippen LogP contribution is 2.14. The molecule has 0 spiro atoms. The van der Waals surface area contributed by atoms with Crippen LogP contribution in [0.15, 0.2) is 0 Å². The van der Waals surface area contributed by atoms with Gasteiger partial charge in [-0.3, -0.25) is 0 Å². The van der Waals surface area contributed by atoms with Crippen molar-refractivity contribution in [3.05, 3.63) is 0 Å². The molecule has 0 N–H and O–H groups in total. The van der Waals surface area contributed by atoms with Crippen LogP contribution in [0.5, 0.6) is 0 Å². The van der Waals surface area contributed by atoms with Gasteiger partial charge < -0.3 is 4.74 Å². The summed E-state index contributed by atoms with van der Waals surface area (Å²) < 4.78 is 5.37. The number of rotatable bonds is 21. The molecule has 0 radical (unpaired) electrons. The third kappa shape index (κ3) is 22.0. The van der Waals surface area contributed by atoms with Crippen LogP contribution in [0.1, 0.15) is 136 Å². The zero-order valence-corrected chi connectivity index (χ0v) is 17.3. The monoisotopic (exact) mass is 340 g/mol. The fraction of sp³-hybridized carbons (Fsp3) is 1.00. The summed E-state index contributed by atoms with van der Waals surface area (Å²) in [6, 6.07) is 0. The van der Waals surface area contributed by atoms with E-state index < -0.39 is 0 Å². The molecule has 1 heteroatoms. The Morgan fingerprint density at radius 3 is 0.958 bits per heavy atom. The predicted molar refractivity (Wildman–Crippen MR) is 110 cm³/mol. The number of ether oxygens (including phenoxy) is 1. The molecule has 0 rings (SSSR count). The van der Waals surface area contributed by atoms with E-state index in [1.54, 1.807) is 0 Å². The van der Waals surface area contributed by atoms with E-state index in [1.165, 1.54) is 122 Å². The second kappa shape index (κ2) is 23.0. The Kier molecular flexibility index (Phi) is 22.9. The molecule has 0 amide bonds. The molecule has 0 aromatic heterocycles. The Morgan fingerprint density at radius 1 is 0.375 bits per heavy atom. The number of hydrogen-bond donors (Lipinski definition) is 0. The molecule has 0 heterocycles. The molecule has 0 aromatic carbocycles. The van der Waals surface area contributed by atoms with E-state index in [9.17, 15) is 0 Å². The van der Waals surface area contributed by atoms with Crippen molar-refractivity contribution < 1.29 is 4.74 Å². The van der Waals surface area contributed by atoms with Gasteiger partial charge >= 0.3 is 0 Å². The molecular formula is C23H48O. The van der Waals surface area contributed by atoms with Crippen molar-refractivity contribution in [1.29, 1.82) is 0 Å². The molecule has 0 aromatic rings. The standard InChI is InChI=1S/C23H48O/c1-3-5-6-7-8-9-10-11-12-13-14-15-16-17-18-19-20-21-22-23-24-4-2/h3-23H2,1-2H3. The number of hydrogen-bond acceptors (Lipinski definition) is 1. The van der Waals surface area contributed by atoms with Crippen LogP contribution in [-0.2, 0) is 4.74 Å². The molecule has 0 bridgehead atoms. The Labute approximate surface area is 154 Å². The van der Waals surface area contributed by atoms with E-state index in [2.05, 4.69) is 13.8 Å². The zero-order valence-electron chi connectivity index (χ0n) is 17.3. The van der Waals surface area contributed by atoms with Gasteiger partial charge in [0, 0.05) is 13.2 Å². The molecule has 0 atom stereocenters. The first kappa shape index (κ1) is 24.0. The van der Waals surface area contributed by atoms with E-state index in [4.69, 9.17) is 4.74 Å². The maximum Gasteiger partial charge on any atom is 0.0465 e. The summed E-state index contributed by atoms with van der Waals surface area (Å²) in [5.74, 6) is 0. The molecule has 0 aliphatic heterocycles. The molecular weight excluding hydrogens is 292 g/mol. The predicted octanol–water partition coefficient (Wildman–Crippen LogP) is 8.45.